The van der Waals surface area contributed by atoms with Gasteiger partial charge >= 0.3 is 0 Å². The highest BCUT2D eigenvalue weighted by molar-refractivity contribution is 5.63. The van der Waals surface area contributed by atoms with Crippen LogP contribution < -0.4 is 10.1 Å². The Bertz CT molecular complexity index is 480. The topological polar surface area (TPSA) is 21.3 Å². The predicted octanol–water partition coefficient (Wildman–Crippen LogP) is 3.75. The highest BCUT2D eigenvalue weighted by atomic mass is 16.5. The van der Waals surface area contributed by atoms with E-state index in [2.05, 4.69) is 24.4 Å². The van der Waals surface area contributed by atoms with Gasteiger partial charge in [-0.05, 0) is 30.7 Å². The highest BCUT2D eigenvalue weighted by Crippen LogP contribution is 2.23. The molecule has 2 heteroatoms. The fourth-order valence-corrected chi connectivity index (χ4v) is 1.57. The van der Waals surface area contributed by atoms with Gasteiger partial charge in [0.25, 0.3) is 0 Å². The van der Waals surface area contributed by atoms with E-state index in [1.54, 1.807) is 7.11 Å². The first kappa shape index (κ1) is 10.6. The average molecular weight is 213 g/mol. The van der Waals surface area contributed by atoms with E-state index >= 15 is 0 Å². The summed E-state index contributed by atoms with van der Waals surface area (Å²) in [5, 5.41) is 3.37. The number of hydrogen-bond acceptors (Lipinski definition) is 2. The SMILES string of the molecule is COc1cccc(Nc2ccccc2C)c1. The lowest BCUT2D eigenvalue weighted by Crippen LogP contribution is -1.93. The van der Waals surface area contributed by atoms with Crippen LogP contribution in [0.1, 0.15) is 5.56 Å². The van der Waals surface area contributed by atoms with Crippen molar-refractivity contribution in [1.29, 1.82) is 0 Å². The van der Waals surface area contributed by atoms with Gasteiger partial charge < -0.3 is 10.1 Å². The molecule has 0 radical (unpaired) electrons. The van der Waals surface area contributed by atoms with Crippen LogP contribution in [0.25, 0.3) is 0 Å². The average Bonchev–Trinajstić information content (AvgIpc) is 2.32. The van der Waals surface area contributed by atoms with Gasteiger partial charge in [-0.1, -0.05) is 24.3 Å². The van der Waals surface area contributed by atoms with Gasteiger partial charge in [0.1, 0.15) is 5.75 Å². The highest BCUT2D eigenvalue weighted by Gasteiger charge is 1.98. The van der Waals surface area contributed by atoms with Gasteiger partial charge in [-0.3, -0.25) is 0 Å². The Morgan fingerprint density at radius 1 is 1.00 bits per heavy atom. The Balaban J connectivity index is 2.24. The zero-order valence-electron chi connectivity index (χ0n) is 9.53. The molecule has 82 valence electrons. The minimum Gasteiger partial charge on any atom is -0.497 e. The van der Waals surface area contributed by atoms with Crippen LogP contribution in [0.3, 0.4) is 0 Å². The zero-order valence-corrected chi connectivity index (χ0v) is 9.53. The summed E-state index contributed by atoms with van der Waals surface area (Å²) in [5.74, 6) is 0.860. The number of benzene rings is 2. The second-order valence-corrected chi connectivity index (χ2v) is 3.67. The van der Waals surface area contributed by atoms with Crippen LogP contribution >= 0.6 is 0 Å². The van der Waals surface area contributed by atoms with E-state index < -0.39 is 0 Å². The summed E-state index contributed by atoms with van der Waals surface area (Å²) in [6.07, 6.45) is 0. The molecule has 2 aromatic rings. The van der Waals surface area contributed by atoms with Crippen molar-refractivity contribution in [2.45, 2.75) is 6.92 Å². The molecule has 0 aromatic heterocycles. The molecule has 0 aliphatic heterocycles. The van der Waals surface area contributed by atoms with E-state index in [1.807, 2.05) is 36.4 Å². The number of aryl methyl sites for hydroxylation is 1. The van der Waals surface area contributed by atoms with Crippen molar-refractivity contribution in [3.63, 3.8) is 0 Å². The first-order chi connectivity index (χ1) is 7.79. The second kappa shape index (κ2) is 4.71. The van der Waals surface area contributed by atoms with Gasteiger partial charge in [-0.2, -0.15) is 0 Å². The summed E-state index contributed by atoms with van der Waals surface area (Å²) in [6.45, 7) is 2.09. The molecule has 0 bridgehead atoms. The molecule has 2 rings (SSSR count). The molecule has 0 unspecified atom stereocenters. The molecule has 0 fully saturated rings. The molecule has 2 aromatic carbocycles. The van der Waals surface area contributed by atoms with E-state index in [9.17, 15) is 0 Å². The summed E-state index contributed by atoms with van der Waals surface area (Å²) < 4.78 is 5.18. The van der Waals surface area contributed by atoms with Gasteiger partial charge in [0.15, 0.2) is 0 Å². The van der Waals surface area contributed by atoms with Gasteiger partial charge in [0, 0.05) is 17.4 Å². The summed E-state index contributed by atoms with van der Waals surface area (Å²) in [5.41, 5.74) is 3.38. The molecule has 0 aliphatic carbocycles. The van der Waals surface area contributed by atoms with E-state index in [-0.39, 0.29) is 0 Å². The van der Waals surface area contributed by atoms with Crippen molar-refractivity contribution in [1.82, 2.24) is 0 Å². The molecule has 0 spiro atoms. The fourth-order valence-electron chi connectivity index (χ4n) is 1.57. The Morgan fingerprint density at radius 3 is 2.56 bits per heavy atom. The summed E-state index contributed by atoms with van der Waals surface area (Å²) in [4.78, 5) is 0. The van der Waals surface area contributed by atoms with Crippen molar-refractivity contribution in [2.75, 3.05) is 12.4 Å². The molecule has 0 atom stereocenters. The monoisotopic (exact) mass is 213 g/mol. The zero-order chi connectivity index (χ0) is 11.4. The number of anilines is 2. The quantitative estimate of drug-likeness (QED) is 0.838. The minimum atomic E-state index is 0.860. The van der Waals surface area contributed by atoms with Crippen LogP contribution in [0.5, 0.6) is 5.75 Å². The maximum absolute atomic E-state index is 5.18. The van der Waals surface area contributed by atoms with Crippen LogP contribution in [-0.4, -0.2) is 7.11 Å². The van der Waals surface area contributed by atoms with Gasteiger partial charge in [-0.15, -0.1) is 0 Å². The van der Waals surface area contributed by atoms with E-state index in [0.717, 1.165) is 17.1 Å². The standard InChI is InChI=1S/C14H15NO/c1-11-6-3-4-9-14(11)15-12-7-5-8-13(10-12)16-2/h3-10,15H,1-2H3. The molecular weight excluding hydrogens is 198 g/mol. The maximum atomic E-state index is 5.18. The van der Waals surface area contributed by atoms with Crippen molar-refractivity contribution < 1.29 is 4.74 Å². The van der Waals surface area contributed by atoms with Crippen molar-refractivity contribution >= 4 is 11.4 Å². The van der Waals surface area contributed by atoms with E-state index in [4.69, 9.17) is 4.74 Å². The Hall–Kier alpha value is -1.96. The maximum Gasteiger partial charge on any atom is 0.120 e. The molecule has 0 aliphatic rings. The van der Waals surface area contributed by atoms with Crippen molar-refractivity contribution in [2.24, 2.45) is 0 Å². The van der Waals surface area contributed by atoms with E-state index in [0.29, 0.717) is 0 Å². The predicted molar refractivity (Wildman–Crippen MR) is 67.5 cm³/mol. The first-order valence-electron chi connectivity index (χ1n) is 5.26. The van der Waals surface area contributed by atoms with E-state index in [1.165, 1.54) is 5.56 Å². The minimum absolute atomic E-state index is 0.860. The molecular formula is C14H15NO. The van der Waals surface area contributed by atoms with Gasteiger partial charge in [-0.25, -0.2) is 0 Å². The number of ether oxygens (including phenoxy) is 1. The lowest BCUT2D eigenvalue weighted by atomic mass is 10.2. The largest absolute Gasteiger partial charge is 0.497 e. The number of rotatable bonds is 3. The third kappa shape index (κ3) is 2.34. The third-order valence-corrected chi connectivity index (χ3v) is 2.49. The van der Waals surface area contributed by atoms with Crippen LogP contribution in [-0.2, 0) is 0 Å². The molecule has 1 N–H and O–H groups in total. The molecule has 0 heterocycles. The van der Waals surface area contributed by atoms with Crippen LogP contribution in [0.2, 0.25) is 0 Å². The van der Waals surface area contributed by atoms with Gasteiger partial charge in [0.05, 0.1) is 7.11 Å². The van der Waals surface area contributed by atoms with Crippen LogP contribution in [0.4, 0.5) is 11.4 Å². The Morgan fingerprint density at radius 2 is 1.81 bits per heavy atom. The fraction of sp³-hybridized carbons (Fsp3) is 0.143. The summed E-state index contributed by atoms with van der Waals surface area (Å²) >= 11 is 0. The molecule has 2 nitrogen and oxygen atoms in total. The number of nitrogens with one attached hydrogen (secondary N) is 1. The number of methoxy groups -OCH3 is 1. The normalized spacial score (nSPS) is 9.88. The van der Waals surface area contributed by atoms with Crippen molar-refractivity contribution in [3.05, 3.63) is 54.1 Å². The molecule has 0 saturated carbocycles. The Labute approximate surface area is 95.9 Å². The number of hydrogen-bond donors (Lipinski definition) is 1. The third-order valence-electron chi connectivity index (χ3n) is 2.49. The first-order valence-corrected chi connectivity index (χ1v) is 5.26. The molecule has 0 saturated heterocycles. The summed E-state index contributed by atoms with van der Waals surface area (Å²) in [6, 6.07) is 16.1. The van der Waals surface area contributed by atoms with Gasteiger partial charge in [0.2, 0.25) is 0 Å². The number of para-hydroxylation sites is 1. The van der Waals surface area contributed by atoms with Crippen LogP contribution in [0, 0.1) is 6.92 Å². The van der Waals surface area contributed by atoms with Crippen LogP contribution in [0.15, 0.2) is 48.5 Å². The Kier molecular flexibility index (Phi) is 3.10. The second-order valence-electron chi connectivity index (χ2n) is 3.67. The lowest BCUT2D eigenvalue weighted by molar-refractivity contribution is 0.415. The molecule has 16 heavy (non-hydrogen) atoms. The smallest absolute Gasteiger partial charge is 0.120 e. The lowest BCUT2D eigenvalue weighted by Gasteiger charge is -2.10. The van der Waals surface area contributed by atoms with Crippen molar-refractivity contribution in [3.8, 4) is 5.75 Å². The molecule has 0 amide bonds. The summed E-state index contributed by atoms with van der Waals surface area (Å²) in [7, 11) is 1.67.